The normalized spacial score (nSPS) is 10.8. The molecule has 0 fully saturated rings. The van der Waals surface area contributed by atoms with E-state index in [0.29, 0.717) is 17.9 Å². The van der Waals surface area contributed by atoms with Gasteiger partial charge in [-0.05, 0) is 75.3 Å². The summed E-state index contributed by atoms with van der Waals surface area (Å²) in [5.74, 6) is 0.0846. The molecular weight excluding hydrogens is 529 g/mol. The average Bonchev–Trinajstić information content (AvgIpc) is 2.83. The molecule has 0 heterocycles. The van der Waals surface area contributed by atoms with Gasteiger partial charge in [0, 0.05) is 5.56 Å². The van der Waals surface area contributed by atoms with Gasteiger partial charge in [-0.15, -0.1) is 0 Å². The molecule has 0 saturated heterocycles. The van der Waals surface area contributed by atoms with Crippen molar-refractivity contribution in [3.63, 3.8) is 0 Å². The highest BCUT2D eigenvalue weighted by Crippen LogP contribution is 2.25. The van der Waals surface area contributed by atoms with Gasteiger partial charge in [-0.2, -0.15) is 10.4 Å². The Morgan fingerprint density at radius 3 is 2.55 bits per heavy atom. The van der Waals surface area contributed by atoms with E-state index in [2.05, 4.69) is 39.2 Å². The van der Waals surface area contributed by atoms with E-state index in [1.54, 1.807) is 18.2 Å². The van der Waals surface area contributed by atoms with Crippen LogP contribution in [0.1, 0.15) is 27.0 Å². The molecule has 4 rings (SSSR count). The highest BCUT2D eigenvalue weighted by atomic mass is 127. The van der Waals surface area contributed by atoms with Crippen LogP contribution < -0.4 is 10.2 Å². The van der Waals surface area contributed by atoms with E-state index in [9.17, 15) is 15.2 Å². The second-order valence-electron chi connectivity index (χ2n) is 7.16. The molecule has 4 aromatic carbocycles. The number of phenols is 1. The molecule has 0 unspecified atom stereocenters. The van der Waals surface area contributed by atoms with Crippen molar-refractivity contribution in [2.45, 2.75) is 6.61 Å². The molecule has 7 heteroatoms. The highest BCUT2D eigenvalue weighted by molar-refractivity contribution is 14.1. The van der Waals surface area contributed by atoms with Crippen molar-refractivity contribution in [3.8, 4) is 17.6 Å². The zero-order valence-electron chi connectivity index (χ0n) is 17.3. The third-order valence-electron chi connectivity index (χ3n) is 4.97. The molecule has 0 atom stereocenters. The zero-order chi connectivity index (χ0) is 23.2. The minimum Gasteiger partial charge on any atom is -0.507 e. The lowest BCUT2D eigenvalue weighted by Crippen LogP contribution is -2.17. The first-order valence-electron chi connectivity index (χ1n) is 10.0. The highest BCUT2D eigenvalue weighted by Gasteiger charge is 2.12. The maximum absolute atomic E-state index is 12.5. The maximum atomic E-state index is 12.5. The molecule has 0 aliphatic heterocycles. The van der Waals surface area contributed by atoms with E-state index in [1.807, 2.05) is 60.7 Å². The van der Waals surface area contributed by atoms with Crippen molar-refractivity contribution in [3.05, 3.63) is 105 Å². The molecule has 0 spiro atoms. The van der Waals surface area contributed by atoms with Crippen molar-refractivity contribution < 1.29 is 14.6 Å². The Balaban J connectivity index is 1.41. The number of hydrogen-bond donors (Lipinski definition) is 2. The summed E-state index contributed by atoms with van der Waals surface area (Å²) >= 11 is 2.16. The Morgan fingerprint density at radius 2 is 1.79 bits per heavy atom. The molecule has 0 saturated carbocycles. The van der Waals surface area contributed by atoms with Crippen molar-refractivity contribution in [2.24, 2.45) is 5.10 Å². The van der Waals surface area contributed by atoms with Crippen molar-refractivity contribution >= 4 is 45.5 Å². The number of rotatable bonds is 6. The van der Waals surface area contributed by atoms with Crippen LogP contribution in [0.15, 0.2) is 84.0 Å². The van der Waals surface area contributed by atoms with E-state index in [1.165, 1.54) is 6.21 Å². The Kier molecular flexibility index (Phi) is 6.86. The minimum atomic E-state index is -0.500. The Labute approximate surface area is 204 Å². The molecule has 0 aromatic heterocycles. The van der Waals surface area contributed by atoms with E-state index >= 15 is 0 Å². The zero-order valence-corrected chi connectivity index (χ0v) is 19.5. The van der Waals surface area contributed by atoms with E-state index < -0.39 is 5.91 Å². The second-order valence-corrected chi connectivity index (χ2v) is 8.33. The fourth-order valence-corrected chi connectivity index (χ4v) is 3.96. The third-order valence-corrected chi connectivity index (χ3v) is 5.81. The van der Waals surface area contributed by atoms with Crippen molar-refractivity contribution in [1.29, 1.82) is 5.26 Å². The van der Waals surface area contributed by atoms with Gasteiger partial charge in [0.1, 0.15) is 18.1 Å². The van der Waals surface area contributed by atoms with Gasteiger partial charge in [-0.1, -0.05) is 42.5 Å². The average molecular weight is 547 g/mol. The van der Waals surface area contributed by atoms with Gasteiger partial charge >= 0.3 is 0 Å². The van der Waals surface area contributed by atoms with E-state index in [4.69, 9.17) is 4.74 Å². The number of ether oxygens (including phenoxy) is 1. The van der Waals surface area contributed by atoms with Gasteiger partial charge < -0.3 is 9.84 Å². The van der Waals surface area contributed by atoms with Crippen LogP contribution in [0.2, 0.25) is 0 Å². The molecule has 6 nitrogen and oxygen atoms in total. The van der Waals surface area contributed by atoms with Crippen LogP contribution in [0.3, 0.4) is 0 Å². The maximum Gasteiger partial charge on any atom is 0.275 e. The lowest BCUT2D eigenvalue weighted by molar-refractivity contribution is 0.0952. The summed E-state index contributed by atoms with van der Waals surface area (Å²) < 4.78 is 6.73. The monoisotopic (exact) mass is 547 g/mol. The summed E-state index contributed by atoms with van der Waals surface area (Å²) in [4.78, 5) is 12.5. The Hall–Kier alpha value is -3.90. The van der Waals surface area contributed by atoms with Gasteiger partial charge in [0.25, 0.3) is 5.91 Å². The summed E-state index contributed by atoms with van der Waals surface area (Å²) in [6.45, 7) is 0.290. The summed E-state index contributed by atoms with van der Waals surface area (Å²) in [7, 11) is 0. The van der Waals surface area contributed by atoms with Crippen LogP contribution >= 0.6 is 22.6 Å². The number of hydrogen-bond acceptors (Lipinski definition) is 5. The van der Waals surface area contributed by atoms with Crippen molar-refractivity contribution in [2.75, 3.05) is 0 Å². The molecule has 0 aliphatic carbocycles. The van der Waals surface area contributed by atoms with Crippen LogP contribution in [0.5, 0.6) is 11.5 Å². The van der Waals surface area contributed by atoms with E-state index in [0.717, 1.165) is 25.5 Å². The summed E-state index contributed by atoms with van der Waals surface area (Å²) in [5.41, 5.74) is 4.79. The number of nitrogens with one attached hydrogen (secondary N) is 1. The first kappa shape index (κ1) is 22.3. The first-order chi connectivity index (χ1) is 16.0. The van der Waals surface area contributed by atoms with Gasteiger partial charge in [-0.25, -0.2) is 5.43 Å². The second kappa shape index (κ2) is 10.1. The Bertz CT molecular complexity index is 1410. The Morgan fingerprint density at radius 1 is 1.06 bits per heavy atom. The van der Waals surface area contributed by atoms with Gasteiger partial charge in [0.05, 0.1) is 27.0 Å². The predicted octanol–water partition coefficient (Wildman–Crippen LogP) is 5.36. The number of phenolic OH excluding ortho intramolecular Hbond substituents is 1. The molecule has 4 aromatic rings. The minimum absolute atomic E-state index is 0.101. The number of nitrogens with zero attached hydrogens (tertiary/aromatic N) is 2. The summed E-state index contributed by atoms with van der Waals surface area (Å²) in [5, 5.41) is 25.1. The number of aromatic hydroxyl groups is 1. The SMILES string of the molecule is N#Cc1ccccc1COc1ccc(/C=N/NC(=O)c2cc3ccccc3cc2O)cc1I. The van der Waals surface area contributed by atoms with Crippen LogP contribution in [0, 0.1) is 14.9 Å². The molecule has 2 N–H and O–H groups in total. The first-order valence-corrected chi connectivity index (χ1v) is 11.1. The number of nitriles is 1. The fourth-order valence-electron chi connectivity index (χ4n) is 3.26. The number of benzene rings is 4. The van der Waals surface area contributed by atoms with Crippen LogP contribution in [-0.4, -0.2) is 17.2 Å². The van der Waals surface area contributed by atoms with E-state index in [-0.39, 0.29) is 11.3 Å². The third kappa shape index (κ3) is 5.30. The molecule has 0 aliphatic rings. The van der Waals surface area contributed by atoms with Crippen molar-refractivity contribution in [1.82, 2.24) is 5.43 Å². The number of hydrazone groups is 1. The lowest BCUT2D eigenvalue weighted by Gasteiger charge is -2.10. The van der Waals surface area contributed by atoms with Crippen LogP contribution in [0.25, 0.3) is 10.8 Å². The molecule has 0 radical (unpaired) electrons. The lowest BCUT2D eigenvalue weighted by atomic mass is 10.1. The topological polar surface area (TPSA) is 94.7 Å². The van der Waals surface area contributed by atoms with Crippen LogP contribution in [-0.2, 0) is 6.61 Å². The number of carbonyl (C=O) groups excluding carboxylic acids is 1. The molecule has 0 bridgehead atoms. The number of carbonyl (C=O) groups is 1. The molecule has 33 heavy (non-hydrogen) atoms. The van der Waals surface area contributed by atoms with Gasteiger partial charge in [0.15, 0.2) is 0 Å². The quantitative estimate of drug-likeness (QED) is 0.193. The fraction of sp³-hybridized carbons (Fsp3) is 0.0385. The molecule has 1 amide bonds. The number of amides is 1. The largest absolute Gasteiger partial charge is 0.507 e. The standard InChI is InChI=1S/C26H18IN3O3/c27-23-11-17(9-10-25(23)33-16-21-8-4-3-7-20(21)14-28)15-29-30-26(32)22-12-18-5-1-2-6-19(18)13-24(22)31/h1-13,15,31H,16H2,(H,30,32)/b29-15+. The summed E-state index contributed by atoms with van der Waals surface area (Å²) in [6, 6.07) is 25.7. The van der Waals surface area contributed by atoms with Gasteiger partial charge in [0.2, 0.25) is 0 Å². The van der Waals surface area contributed by atoms with Crippen LogP contribution in [0.4, 0.5) is 0 Å². The number of halogens is 1. The predicted molar refractivity (Wildman–Crippen MR) is 135 cm³/mol. The smallest absolute Gasteiger partial charge is 0.275 e. The number of fused-ring (bicyclic) bond motifs is 1. The molecular formula is C26H18IN3O3. The van der Waals surface area contributed by atoms with Gasteiger partial charge in [-0.3, -0.25) is 4.79 Å². The summed E-state index contributed by atoms with van der Waals surface area (Å²) in [6.07, 6.45) is 1.52. The molecule has 162 valence electrons.